The van der Waals surface area contributed by atoms with Crippen LogP contribution in [0, 0.1) is 11.6 Å². The van der Waals surface area contributed by atoms with Gasteiger partial charge >= 0.3 is 6.03 Å². The van der Waals surface area contributed by atoms with Gasteiger partial charge in [-0.25, -0.2) is 23.4 Å². The lowest BCUT2D eigenvalue weighted by atomic mass is 10.1. The Labute approximate surface area is 204 Å². The first-order valence-corrected chi connectivity index (χ1v) is 12.7. The van der Waals surface area contributed by atoms with E-state index in [0.29, 0.717) is 0 Å². The normalized spacial score (nSPS) is 13.1. The van der Waals surface area contributed by atoms with Crippen molar-refractivity contribution >= 4 is 42.4 Å². The van der Waals surface area contributed by atoms with Crippen LogP contribution in [0.25, 0.3) is 0 Å². The summed E-state index contributed by atoms with van der Waals surface area (Å²) in [4.78, 5) is 35.1. The van der Waals surface area contributed by atoms with Crippen LogP contribution >= 0.6 is 20.7 Å². The van der Waals surface area contributed by atoms with Crippen molar-refractivity contribution in [3.8, 4) is 0 Å². The third-order valence-electron chi connectivity index (χ3n) is 4.10. The van der Waals surface area contributed by atoms with Gasteiger partial charge in [0.1, 0.15) is 0 Å². The smallest absolute Gasteiger partial charge is 0.341 e. The standard InChI is InChI=1S/C21H26F3IN4O5/c1-4-34-29(21(32)26-12(2)3)11-13-9-14(20(31)28-33-8-7-30)19(18(24)17(13)23)27-16-5-6-25-10-15(16)22/h5-6,9-10,12,27,30H,4,7-8,11H2,1-3H3,(H,26,32)(H,28,31). The lowest BCUT2D eigenvalue weighted by molar-refractivity contribution is -0.119. The number of halogens is 4. The van der Waals surface area contributed by atoms with E-state index < -0.39 is 74.5 Å². The molecular weight excluding hydrogens is 572 g/mol. The highest BCUT2D eigenvalue weighted by Gasteiger charge is 2.26. The molecule has 1 aliphatic rings. The molecule has 1 heterocycles. The zero-order chi connectivity index (χ0) is 25.3. The maximum atomic E-state index is 15.2. The van der Waals surface area contributed by atoms with Crippen LogP contribution < -0.4 is 16.1 Å². The number of aliphatic hydroxyl groups excluding tert-OH is 1. The highest BCUT2D eigenvalue weighted by atomic mass is 127. The van der Waals surface area contributed by atoms with Crippen molar-refractivity contribution < 1.29 is 37.5 Å². The molecule has 3 amide bonds. The Morgan fingerprint density at radius 1 is 1.24 bits per heavy atom. The fraction of sp³-hybridized carbons (Fsp3) is 0.381. The van der Waals surface area contributed by atoms with Gasteiger partial charge < -0.3 is 15.7 Å². The van der Waals surface area contributed by atoms with Crippen molar-refractivity contribution in [3.05, 3.63) is 50.5 Å². The minimum atomic E-state index is -1.46. The summed E-state index contributed by atoms with van der Waals surface area (Å²) in [7, 11) is 0. The molecule has 0 bridgehead atoms. The molecule has 0 radical (unpaired) electrons. The number of hydrogen-bond acceptors (Lipinski definition) is 6. The number of amides is 3. The zero-order valence-electron chi connectivity index (χ0n) is 18.8. The number of carbonyl (C=O) groups is 2. The molecule has 1 aliphatic heterocycles. The Balaban J connectivity index is 2.50. The molecule has 0 atom stereocenters. The molecule has 4 N–H and O–H groups in total. The van der Waals surface area contributed by atoms with Crippen molar-refractivity contribution in [2.24, 2.45) is 0 Å². The van der Waals surface area contributed by atoms with E-state index in [9.17, 15) is 14.0 Å². The number of hydroxylamine groups is 3. The van der Waals surface area contributed by atoms with Crippen molar-refractivity contribution in [3.63, 3.8) is 0 Å². The van der Waals surface area contributed by atoms with Gasteiger partial charge in [-0.2, -0.15) is 5.06 Å². The molecule has 1 aromatic carbocycles. The van der Waals surface area contributed by atoms with Crippen molar-refractivity contribution in [1.82, 2.24) is 15.9 Å². The van der Waals surface area contributed by atoms with Crippen LogP contribution in [0.4, 0.5) is 23.7 Å². The second-order valence-corrected chi connectivity index (χ2v) is 9.12. The third-order valence-corrected chi connectivity index (χ3v) is 5.78. The maximum Gasteiger partial charge on any atom is 0.341 e. The van der Waals surface area contributed by atoms with Gasteiger partial charge in [0.05, 0.1) is 43.3 Å². The third kappa shape index (κ3) is 7.51. The van der Waals surface area contributed by atoms with Crippen LogP contribution in [-0.2, 0) is 16.2 Å². The first-order valence-electron chi connectivity index (χ1n) is 10.2. The molecule has 9 nitrogen and oxygen atoms in total. The van der Waals surface area contributed by atoms with E-state index in [1.54, 1.807) is 24.9 Å². The predicted octanol–water partition coefficient (Wildman–Crippen LogP) is 3.38. The Hall–Kier alpha value is -2.49. The monoisotopic (exact) mass is 598 g/mol. The Bertz CT molecular complexity index is 1000. The average Bonchev–Trinajstić information content (AvgIpc) is 2.79. The highest BCUT2D eigenvalue weighted by Crippen LogP contribution is 2.30. The molecule has 0 aromatic heterocycles. The number of hydrogen-bond donors (Lipinski definition) is 4. The summed E-state index contributed by atoms with van der Waals surface area (Å²) >= 11 is -0.634. The topological polar surface area (TPSA) is 112 Å². The predicted molar refractivity (Wildman–Crippen MR) is 129 cm³/mol. The largest absolute Gasteiger partial charge is 0.394 e. The molecule has 0 saturated heterocycles. The molecule has 0 saturated carbocycles. The summed E-state index contributed by atoms with van der Waals surface area (Å²) in [5.41, 5.74) is 0.460. The van der Waals surface area contributed by atoms with Gasteiger partial charge in [0.25, 0.3) is 5.91 Å². The van der Waals surface area contributed by atoms with E-state index in [0.717, 1.165) is 11.1 Å². The zero-order valence-corrected chi connectivity index (χ0v) is 20.9. The summed E-state index contributed by atoms with van der Waals surface area (Å²) < 4.78 is 47.4. The summed E-state index contributed by atoms with van der Waals surface area (Å²) in [5.74, 6) is -4.45. The number of anilines is 1. The van der Waals surface area contributed by atoms with Crippen LogP contribution in [-0.4, -0.2) is 52.0 Å². The molecule has 0 aliphatic carbocycles. The molecule has 0 fully saturated rings. The lowest BCUT2D eigenvalue weighted by Gasteiger charge is -2.24. The number of allylic oxidation sites excluding steroid dienone is 2. The minimum Gasteiger partial charge on any atom is -0.394 e. The SMILES string of the molecule is CCON(Cc1cc(C(=O)NOCCO)c(NC2=C(F)C=IC=C2)c(F)c1F)C(=O)NC(C)C. The average molecular weight is 598 g/mol. The fourth-order valence-corrected chi connectivity index (χ4v) is 4.11. The molecule has 188 valence electrons. The van der Waals surface area contributed by atoms with Gasteiger partial charge in [-0.05, 0) is 37.0 Å². The maximum absolute atomic E-state index is 15.2. The number of aliphatic hydroxyl groups is 1. The lowest BCUT2D eigenvalue weighted by Crippen LogP contribution is -2.42. The second-order valence-electron chi connectivity index (χ2n) is 7.06. The molecule has 0 spiro atoms. The van der Waals surface area contributed by atoms with E-state index in [1.807, 2.05) is 5.48 Å². The number of rotatable bonds is 11. The van der Waals surface area contributed by atoms with Gasteiger partial charge in [-0.1, -0.05) is 20.7 Å². The first-order chi connectivity index (χ1) is 16.2. The van der Waals surface area contributed by atoms with Crippen molar-refractivity contribution in [2.45, 2.75) is 33.4 Å². The summed E-state index contributed by atoms with van der Waals surface area (Å²) in [6.45, 7) is 3.92. The molecule has 2 rings (SSSR count). The molecule has 13 heteroatoms. The molecular formula is C21H26F3IN4O5. The summed E-state index contributed by atoms with van der Waals surface area (Å²) in [6, 6.07) is 0.0726. The fourth-order valence-electron chi connectivity index (χ4n) is 2.68. The van der Waals surface area contributed by atoms with Crippen LogP contribution in [0.5, 0.6) is 0 Å². The van der Waals surface area contributed by atoms with Crippen LogP contribution in [0.15, 0.2) is 27.7 Å². The second kappa shape index (κ2) is 13.4. The molecule has 0 unspecified atom stereocenters. The van der Waals surface area contributed by atoms with Crippen molar-refractivity contribution in [2.75, 3.05) is 25.1 Å². The van der Waals surface area contributed by atoms with Crippen molar-refractivity contribution in [1.29, 1.82) is 0 Å². The van der Waals surface area contributed by atoms with Crippen LogP contribution in [0.3, 0.4) is 0 Å². The Morgan fingerprint density at radius 2 is 1.97 bits per heavy atom. The number of benzene rings is 1. The van der Waals surface area contributed by atoms with E-state index in [1.165, 1.54) is 10.1 Å². The molecule has 34 heavy (non-hydrogen) atoms. The van der Waals surface area contributed by atoms with E-state index in [-0.39, 0.29) is 30.5 Å². The Kier molecular flexibility index (Phi) is 10.9. The number of urea groups is 1. The quantitative estimate of drug-likeness (QED) is 0.177. The summed E-state index contributed by atoms with van der Waals surface area (Å²) in [6.07, 6.45) is 1.38. The van der Waals surface area contributed by atoms with Gasteiger partial charge in [0.15, 0.2) is 17.5 Å². The van der Waals surface area contributed by atoms with Crippen LogP contribution in [0.1, 0.15) is 36.7 Å². The van der Waals surface area contributed by atoms with Gasteiger partial charge in [-0.15, -0.1) is 0 Å². The number of nitrogens with zero attached hydrogens (tertiary/aromatic N) is 1. The van der Waals surface area contributed by atoms with E-state index in [2.05, 4.69) is 10.6 Å². The van der Waals surface area contributed by atoms with Gasteiger partial charge in [-0.3, -0.25) is 14.5 Å². The highest BCUT2D eigenvalue weighted by molar-refractivity contribution is 14.2. The summed E-state index contributed by atoms with van der Waals surface area (Å²) in [5, 5.41) is 14.6. The van der Waals surface area contributed by atoms with Crippen LogP contribution in [0.2, 0.25) is 0 Å². The Morgan fingerprint density at radius 3 is 2.59 bits per heavy atom. The van der Waals surface area contributed by atoms with Gasteiger partial charge in [0.2, 0.25) is 0 Å². The van der Waals surface area contributed by atoms with E-state index >= 15 is 8.78 Å². The number of carbonyl (C=O) groups excluding carboxylic acids is 2. The van der Waals surface area contributed by atoms with E-state index in [4.69, 9.17) is 14.8 Å². The first kappa shape index (κ1) is 27.8. The molecule has 1 aromatic rings. The minimum absolute atomic E-state index is 0.0660. The van der Waals surface area contributed by atoms with Gasteiger partial charge in [0, 0.05) is 15.6 Å². The number of nitrogens with one attached hydrogen (secondary N) is 3.